The highest BCUT2D eigenvalue weighted by molar-refractivity contribution is 6.33. The van der Waals surface area contributed by atoms with Gasteiger partial charge in [0.2, 0.25) is 0 Å². The maximum Gasteiger partial charge on any atom is 0.280 e. The number of benzene rings is 1. The highest BCUT2D eigenvalue weighted by atomic mass is 35.5. The molecule has 0 spiro atoms. The molecule has 2 aromatic heterocycles. The van der Waals surface area contributed by atoms with Crippen molar-refractivity contribution in [3.63, 3.8) is 0 Å². The first-order chi connectivity index (χ1) is 13.0. The number of hydrogen-bond acceptors (Lipinski definition) is 6. The number of carbonyl (C=O) groups excluding carboxylic acids is 1. The minimum Gasteiger partial charge on any atom is -0.336 e. The molecule has 1 amide bonds. The molecule has 1 aliphatic rings. The molecule has 1 fully saturated rings. The molecule has 0 radical (unpaired) electrons. The Bertz CT molecular complexity index is 987. The van der Waals surface area contributed by atoms with E-state index < -0.39 is 5.82 Å². The minimum atomic E-state index is -0.474. The molecule has 0 unspecified atom stereocenters. The molecule has 0 bridgehead atoms. The normalized spacial score (nSPS) is 16.9. The fourth-order valence-electron chi connectivity index (χ4n) is 3.03. The molecule has 140 valence electrons. The summed E-state index contributed by atoms with van der Waals surface area (Å²) in [5.74, 6) is 0.223. The van der Waals surface area contributed by atoms with E-state index in [0.29, 0.717) is 36.9 Å². The second-order valence-corrected chi connectivity index (χ2v) is 6.68. The topological polar surface area (TPSA) is 89.9 Å². The highest BCUT2D eigenvalue weighted by Gasteiger charge is 2.30. The van der Waals surface area contributed by atoms with Crippen LogP contribution in [0, 0.1) is 5.82 Å². The van der Waals surface area contributed by atoms with Gasteiger partial charge in [-0.3, -0.25) is 4.79 Å². The van der Waals surface area contributed by atoms with Gasteiger partial charge in [0.1, 0.15) is 5.82 Å². The molecule has 27 heavy (non-hydrogen) atoms. The molecular weight excluding hydrogens is 375 g/mol. The van der Waals surface area contributed by atoms with Crippen molar-refractivity contribution in [2.24, 2.45) is 0 Å². The summed E-state index contributed by atoms with van der Waals surface area (Å²) in [5.41, 5.74) is 0.782. The number of hydrogen-bond donors (Lipinski definition) is 0. The van der Waals surface area contributed by atoms with Crippen molar-refractivity contribution >= 4 is 17.5 Å². The molecule has 1 atom stereocenters. The maximum absolute atomic E-state index is 13.2. The van der Waals surface area contributed by atoms with E-state index in [0.717, 1.165) is 12.5 Å². The number of rotatable bonds is 4. The van der Waals surface area contributed by atoms with Gasteiger partial charge in [-0.25, -0.2) is 9.07 Å². The van der Waals surface area contributed by atoms with Gasteiger partial charge in [0.15, 0.2) is 11.5 Å². The Morgan fingerprint density at radius 2 is 2.30 bits per heavy atom. The van der Waals surface area contributed by atoms with E-state index in [2.05, 4.69) is 20.5 Å². The van der Waals surface area contributed by atoms with E-state index in [1.54, 1.807) is 15.8 Å². The van der Waals surface area contributed by atoms with Crippen LogP contribution >= 0.6 is 11.6 Å². The van der Waals surface area contributed by atoms with Crippen molar-refractivity contribution in [1.29, 1.82) is 0 Å². The van der Waals surface area contributed by atoms with Crippen molar-refractivity contribution in [2.75, 3.05) is 13.1 Å². The number of amides is 1. The summed E-state index contributed by atoms with van der Waals surface area (Å²) in [7, 11) is 0. The van der Waals surface area contributed by atoms with E-state index in [-0.39, 0.29) is 22.5 Å². The summed E-state index contributed by atoms with van der Waals surface area (Å²) < 4.78 is 20.1. The van der Waals surface area contributed by atoms with E-state index in [4.69, 9.17) is 16.1 Å². The van der Waals surface area contributed by atoms with Crippen LogP contribution in [0.1, 0.15) is 35.6 Å². The smallest absolute Gasteiger partial charge is 0.280 e. The van der Waals surface area contributed by atoms with Gasteiger partial charge in [-0.05, 0) is 24.6 Å². The lowest BCUT2D eigenvalue weighted by Gasteiger charge is -2.17. The van der Waals surface area contributed by atoms with Crippen LogP contribution in [0.3, 0.4) is 0 Å². The number of halogens is 2. The molecule has 0 N–H and O–H groups in total. The van der Waals surface area contributed by atoms with E-state index in [9.17, 15) is 9.18 Å². The van der Waals surface area contributed by atoms with Crippen LogP contribution in [-0.2, 0) is 6.42 Å². The summed E-state index contributed by atoms with van der Waals surface area (Å²) in [6.07, 6.45) is 3.12. The van der Waals surface area contributed by atoms with Crippen molar-refractivity contribution < 1.29 is 13.7 Å². The first-order valence-corrected chi connectivity index (χ1v) is 8.92. The summed E-state index contributed by atoms with van der Waals surface area (Å²) >= 11 is 6.00. The molecule has 8 nitrogen and oxygen atoms in total. The fourth-order valence-corrected chi connectivity index (χ4v) is 3.28. The lowest BCUT2D eigenvalue weighted by Crippen LogP contribution is -2.29. The SMILES string of the molecule is CCc1noc(-c2cn([C@@H]3CCN(C(=O)c4ccc(F)cc4Cl)C3)nn2)n1. The Labute approximate surface area is 158 Å². The molecular formula is C17H16ClFN6O2. The van der Waals surface area contributed by atoms with Crippen molar-refractivity contribution in [3.8, 4) is 11.6 Å². The Balaban J connectivity index is 1.47. The standard InChI is InChI=1S/C17H16ClFN6O2/c1-2-15-20-16(27-22-15)14-9-25(23-21-14)11-5-6-24(8-11)17(26)12-4-3-10(19)7-13(12)18/h3-4,7,9,11H,2,5-6,8H2,1H3/t11-/m1/s1. The van der Waals surface area contributed by atoms with Crippen LogP contribution in [0.2, 0.25) is 5.02 Å². The van der Waals surface area contributed by atoms with Gasteiger partial charge in [0.25, 0.3) is 11.8 Å². The number of aryl methyl sites for hydroxylation is 1. The summed E-state index contributed by atoms with van der Waals surface area (Å²) in [5, 5.41) is 12.2. The number of likely N-dealkylation sites (tertiary alicyclic amines) is 1. The predicted octanol–water partition coefficient (Wildman–Crippen LogP) is 2.77. The van der Waals surface area contributed by atoms with Crippen LogP contribution in [0.15, 0.2) is 28.9 Å². The van der Waals surface area contributed by atoms with Crippen LogP contribution < -0.4 is 0 Å². The third kappa shape index (κ3) is 3.42. The van der Waals surface area contributed by atoms with E-state index in [1.807, 2.05) is 6.92 Å². The Hall–Kier alpha value is -2.81. The van der Waals surface area contributed by atoms with Gasteiger partial charge >= 0.3 is 0 Å². The first-order valence-electron chi connectivity index (χ1n) is 8.54. The molecule has 4 rings (SSSR count). The summed E-state index contributed by atoms with van der Waals surface area (Å²) in [6.45, 7) is 2.94. The van der Waals surface area contributed by atoms with E-state index in [1.165, 1.54) is 12.1 Å². The van der Waals surface area contributed by atoms with Crippen molar-refractivity contribution in [2.45, 2.75) is 25.8 Å². The lowest BCUT2D eigenvalue weighted by molar-refractivity contribution is 0.0787. The van der Waals surface area contributed by atoms with Gasteiger partial charge in [0.05, 0.1) is 22.8 Å². The molecule has 3 aromatic rings. The van der Waals surface area contributed by atoms with Crippen molar-refractivity contribution in [1.82, 2.24) is 30.0 Å². The summed E-state index contributed by atoms with van der Waals surface area (Å²) in [6, 6.07) is 3.75. The number of aromatic nitrogens is 5. The zero-order chi connectivity index (χ0) is 19.0. The van der Waals surface area contributed by atoms with Crippen LogP contribution in [0.4, 0.5) is 4.39 Å². The number of carbonyl (C=O) groups is 1. The third-order valence-electron chi connectivity index (χ3n) is 4.50. The molecule has 0 aliphatic carbocycles. The molecule has 1 saturated heterocycles. The first kappa shape index (κ1) is 17.6. The Morgan fingerprint density at radius 3 is 3.04 bits per heavy atom. The summed E-state index contributed by atoms with van der Waals surface area (Å²) in [4.78, 5) is 18.6. The van der Waals surface area contributed by atoms with Crippen LogP contribution in [0.5, 0.6) is 0 Å². The Kier molecular flexibility index (Phi) is 4.61. The maximum atomic E-state index is 13.2. The largest absolute Gasteiger partial charge is 0.336 e. The lowest BCUT2D eigenvalue weighted by atomic mass is 10.2. The van der Waals surface area contributed by atoms with Gasteiger partial charge < -0.3 is 9.42 Å². The average molecular weight is 391 g/mol. The zero-order valence-corrected chi connectivity index (χ0v) is 15.2. The Morgan fingerprint density at radius 1 is 1.44 bits per heavy atom. The fraction of sp³-hybridized carbons (Fsp3) is 0.353. The monoisotopic (exact) mass is 390 g/mol. The third-order valence-corrected chi connectivity index (χ3v) is 4.81. The number of nitrogens with zero attached hydrogens (tertiary/aromatic N) is 6. The molecule has 3 heterocycles. The molecule has 1 aliphatic heterocycles. The van der Waals surface area contributed by atoms with Gasteiger partial charge in [-0.1, -0.05) is 28.9 Å². The molecule has 0 saturated carbocycles. The second kappa shape index (κ2) is 7.07. The average Bonchev–Trinajstić information content (AvgIpc) is 3.39. The zero-order valence-electron chi connectivity index (χ0n) is 14.5. The predicted molar refractivity (Wildman–Crippen MR) is 93.7 cm³/mol. The minimum absolute atomic E-state index is 0.0250. The van der Waals surface area contributed by atoms with Gasteiger partial charge in [-0.15, -0.1) is 5.10 Å². The van der Waals surface area contributed by atoms with Crippen LogP contribution in [-0.4, -0.2) is 49.0 Å². The van der Waals surface area contributed by atoms with Gasteiger partial charge in [-0.2, -0.15) is 4.98 Å². The van der Waals surface area contributed by atoms with Crippen molar-refractivity contribution in [3.05, 3.63) is 46.6 Å². The second-order valence-electron chi connectivity index (χ2n) is 6.27. The molecule has 10 heteroatoms. The van der Waals surface area contributed by atoms with Gasteiger partial charge in [0, 0.05) is 19.5 Å². The van der Waals surface area contributed by atoms with Crippen LogP contribution in [0.25, 0.3) is 11.6 Å². The molecule has 1 aromatic carbocycles. The quantitative estimate of drug-likeness (QED) is 0.680. The van der Waals surface area contributed by atoms with E-state index >= 15 is 0 Å². The highest BCUT2D eigenvalue weighted by Crippen LogP contribution is 2.26.